The maximum Gasteiger partial charge on any atom is 0.433 e. The Bertz CT molecular complexity index is 702. The molecule has 0 radical (unpaired) electrons. The Morgan fingerprint density at radius 2 is 1.86 bits per heavy atom. The highest BCUT2D eigenvalue weighted by molar-refractivity contribution is 5.66. The van der Waals surface area contributed by atoms with Crippen LogP contribution >= 0.6 is 0 Å². The van der Waals surface area contributed by atoms with Gasteiger partial charge in [0.05, 0.1) is 6.20 Å². The van der Waals surface area contributed by atoms with Crippen LogP contribution in [0, 0.1) is 20.8 Å². The topological polar surface area (TPSA) is 30.4 Å². The first kappa shape index (κ1) is 13.9. The van der Waals surface area contributed by atoms with Crippen LogP contribution in [0.1, 0.15) is 30.5 Å². The fraction of sp³-hybridized carbons (Fsp3) is 0.412. The standard InChI is InChI=1S/C17H22N3O/c1-12-8-13(2)15(14(3)9-12)19-6-7-20(11-19)16-18-17(4,5)10-21-16/h6-9,11H,10H2,1-5H3/q+1. The zero-order chi connectivity index (χ0) is 15.2. The second-order valence-electron chi connectivity index (χ2n) is 6.47. The lowest BCUT2D eigenvalue weighted by molar-refractivity contribution is -0.569. The second kappa shape index (κ2) is 4.72. The Kier molecular flexibility index (Phi) is 3.12. The van der Waals surface area contributed by atoms with Crippen LogP contribution in [-0.4, -0.2) is 22.7 Å². The SMILES string of the molecule is Cc1cc(C)c(-n2cc[n+](C3=NC(C)(C)CO3)c2)c(C)c1. The predicted molar refractivity (Wildman–Crippen MR) is 83.0 cm³/mol. The first-order chi connectivity index (χ1) is 9.85. The van der Waals surface area contributed by atoms with Crippen LogP contribution in [0.15, 0.2) is 35.8 Å². The predicted octanol–water partition coefficient (Wildman–Crippen LogP) is 2.70. The van der Waals surface area contributed by atoms with Gasteiger partial charge in [0, 0.05) is 0 Å². The fourth-order valence-corrected chi connectivity index (χ4v) is 2.88. The first-order valence-corrected chi connectivity index (χ1v) is 7.26. The summed E-state index contributed by atoms with van der Waals surface area (Å²) in [6, 6.07) is 5.08. The molecule has 0 N–H and O–H groups in total. The van der Waals surface area contributed by atoms with Crippen molar-refractivity contribution in [3.63, 3.8) is 0 Å². The van der Waals surface area contributed by atoms with E-state index in [0.717, 1.165) is 0 Å². The summed E-state index contributed by atoms with van der Waals surface area (Å²) in [5.74, 6) is 0. The van der Waals surface area contributed by atoms with Gasteiger partial charge in [-0.3, -0.25) is 0 Å². The van der Waals surface area contributed by atoms with Gasteiger partial charge in [0.1, 0.15) is 18.5 Å². The fourth-order valence-electron chi connectivity index (χ4n) is 2.88. The molecule has 0 spiro atoms. The molecular formula is C17H22N3O+. The minimum Gasteiger partial charge on any atom is -0.437 e. The number of aliphatic imine (C=N–C) groups is 1. The molecule has 0 saturated carbocycles. The lowest BCUT2D eigenvalue weighted by atomic mass is 10.1. The monoisotopic (exact) mass is 284 g/mol. The summed E-state index contributed by atoms with van der Waals surface area (Å²) in [5, 5.41) is 0. The third-order valence-electron chi connectivity index (χ3n) is 3.70. The Balaban J connectivity index is 2.00. The zero-order valence-corrected chi connectivity index (χ0v) is 13.3. The molecule has 4 heteroatoms. The average molecular weight is 284 g/mol. The van der Waals surface area contributed by atoms with E-state index in [4.69, 9.17) is 4.74 Å². The number of rotatable bonds is 1. The molecule has 1 aromatic carbocycles. The van der Waals surface area contributed by atoms with Gasteiger partial charge in [-0.25, -0.2) is 4.57 Å². The number of aryl methyl sites for hydroxylation is 3. The number of aromatic nitrogens is 2. The average Bonchev–Trinajstić information content (AvgIpc) is 2.94. The zero-order valence-electron chi connectivity index (χ0n) is 13.3. The Labute approximate surface area is 125 Å². The minimum absolute atomic E-state index is 0.139. The highest BCUT2D eigenvalue weighted by atomic mass is 16.5. The van der Waals surface area contributed by atoms with Gasteiger partial charge in [0.15, 0.2) is 5.54 Å². The summed E-state index contributed by atoms with van der Waals surface area (Å²) in [6.45, 7) is 11.2. The quantitative estimate of drug-likeness (QED) is 0.741. The van der Waals surface area contributed by atoms with Gasteiger partial charge in [-0.1, -0.05) is 22.7 Å². The summed E-state index contributed by atoms with van der Waals surface area (Å²) < 4.78 is 9.75. The maximum absolute atomic E-state index is 5.68. The van der Waals surface area contributed by atoms with Crippen LogP contribution in [0.2, 0.25) is 0 Å². The third kappa shape index (κ3) is 2.58. The largest absolute Gasteiger partial charge is 0.437 e. The molecule has 0 fully saturated rings. The van der Waals surface area contributed by atoms with Crippen molar-refractivity contribution in [1.82, 2.24) is 4.57 Å². The van der Waals surface area contributed by atoms with Gasteiger partial charge in [-0.2, -0.15) is 4.57 Å². The summed E-state index contributed by atoms with van der Waals surface area (Å²) in [7, 11) is 0. The highest BCUT2D eigenvalue weighted by Crippen LogP contribution is 2.20. The van der Waals surface area contributed by atoms with Crippen molar-refractivity contribution in [3.05, 3.63) is 47.5 Å². The highest BCUT2D eigenvalue weighted by Gasteiger charge is 2.34. The normalized spacial score (nSPS) is 16.7. The van der Waals surface area contributed by atoms with Gasteiger partial charge in [-0.15, -0.1) is 0 Å². The third-order valence-corrected chi connectivity index (χ3v) is 3.70. The van der Waals surface area contributed by atoms with E-state index in [9.17, 15) is 0 Å². The molecule has 1 aromatic heterocycles. The van der Waals surface area contributed by atoms with Gasteiger partial charge in [0.25, 0.3) is 0 Å². The number of nitrogens with zero attached hydrogens (tertiary/aromatic N) is 3. The summed E-state index contributed by atoms with van der Waals surface area (Å²) in [4.78, 5) is 4.60. The van der Waals surface area contributed by atoms with E-state index in [1.807, 2.05) is 23.3 Å². The van der Waals surface area contributed by atoms with Crippen molar-refractivity contribution in [1.29, 1.82) is 0 Å². The molecule has 0 atom stereocenters. The van der Waals surface area contributed by atoms with Crippen molar-refractivity contribution in [2.24, 2.45) is 4.99 Å². The van der Waals surface area contributed by atoms with E-state index in [2.05, 4.69) is 56.3 Å². The Morgan fingerprint density at radius 1 is 1.19 bits per heavy atom. The molecule has 4 nitrogen and oxygen atoms in total. The van der Waals surface area contributed by atoms with Gasteiger partial charge < -0.3 is 4.74 Å². The minimum atomic E-state index is -0.139. The van der Waals surface area contributed by atoms with Crippen LogP contribution in [0.5, 0.6) is 0 Å². The molecule has 0 bridgehead atoms. The van der Waals surface area contributed by atoms with Crippen molar-refractivity contribution >= 4 is 6.02 Å². The number of benzene rings is 1. The van der Waals surface area contributed by atoms with Crippen molar-refractivity contribution in [3.8, 4) is 5.69 Å². The molecule has 21 heavy (non-hydrogen) atoms. The lowest BCUT2D eigenvalue weighted by Crippen LogP contribution is -2.41. The van der Waals surface area contributed by atoms with E-state index in [1.165, 1.54) is 22.4 Å². The van der Waals surface area contributed by atoms with Gasteiger partial charge in [-0.05, 0) is 45.7 Å². The van der Waals surface area contributed by atoms with Crippen LogP contribution in [0.25, 0.3) is 5.69 Å². The van der Waals surface area contributed by atoms with Crippen molar-refractivity contribution < 1.29 is 9.30 Å². The number of imidazole rings is 1. The maximum atomic E-state index is 5.68. The van der Waals surface area contributed by atoms with Gasteiger partial charge >= 0.3 is 6.02 Å². The molecule has 1 aliphatic rings. The van der Waals surface area contributed by atoms with Crippen molar-refractivity contribution in [2.75, 3.05) is 6.61 Å². The molecule has 110 valence electrons. The molecule has 0 saturated heterocycles. The summed E-state index contributed by atoms with van der Waals surface area (Å²) >= 11 is 0. The second-order valence-corrected chi connectivity index (χ2v) is 6.47. The number of hydrogen-bond acceptors (Lipinski definition) is 2. The van der Waals surface area contributed by atoms with Gasteiger partial charge in [0.2, 0.25) is 6.33 Å². The number of hydrogen-bond donors (Lipinski definition) is 0. The molecule has 0 aliphatic carbocycles. The molecule has 1 aliphatic heterocycles. The summed E-state index contributed by atoms with van der Waals surface area (Å²) in [6.07, 6.45) is 6.05. The van der Waals surface area contributed by atoms with Crippen LogP contribution in [0.4, 0.5) is 0 Å². The first-order valence-electron chi connectivity index (χ1n) is 7.26. The lowest BCUT2D eigenvalue weighted by Gasteiger charge is -2.08. The van der Waals surface area contributed by atoms with Crippen LogP contribution in [0.3, 0.4) is 0 Å². The van der Waals surface area contributed by atoms with E-state index in [0.29, 0.717) is 12.6 Å². The van der Waals surface area contributed by atoms with E-state index < -0.39 is 0 Å². The molecule has 3 rings (SSSR count). The van der Waals surface area contributed by atoms with Crippen LogP contribution < -0.4 is 4.57 Å². The Hall–Kier alpha value is -2.10. The van der Waals surface area contributed by atoms with Crippen molar-refractivity contribution in [2.45, 2.75) is 40.2 Å². The molecular weight excluding hydrogens is 262 g/mol. The van der Waals surface area contributed by atoms with E-state index >= 15 is 0 Å². The summed E-state index contributed by atoms with van der Waals surface area (Å²) in [5.41, 5.74) is 4.91. The molecule has 0 unspecified atom stereocenters. The molecule has 2 heterocycles. The Morgan fingerprint density at radius 3 is 2.43 bits per heavy atom. The number of ether oxygens (including phenoxy) is 1. The van der Waals surface area contributed by atoms with E-state index in [1.54, 1.807) is 0 Å². The van der Waals surface area contributed by atoms with Crippen LogP contribution in [-0.2, 0) is 4.74 Å². The smallest absolute Gasteiger partial charge is 0.433 e. The van der Waals surface area contributed by atoms with E-state index in [-0.39, 0.29) is 5.54 Å². The molecule has 2 aromatic rings. The molecule has 0 amide bonds.